The molecular weight excluding hydrogens is 364 g/mol. The Labute approximate surface area is 164 Å². The maximum Gasteiger partial charge on any atom is 0.337 e. The fraction of sp³-hybridized carbons (Fsp3) is 0.300. The number of hydrogen-bond donors (Lipinski definition) is 1. The third kappa shape index (κ3) is 3.91. The maximum absolute atomic E-state index is 11.6. The summed E-state index contributed by atoms with van der Waals surface area (Å²) < 4.78 is 6.89. The van der Waals surface area contributed by atoms with Gasteiger partial charge in [-0.1, -0.05) is 12.1 Å². The average molecular weight is 387 g/mol. The number of pyridine rings is 1. The summed E-state index contributed by atoms with van der Waals surface area (Å²) in [6.45, 7) is 4.76. The zero-order chi connectivity index (χ0) is 17.9. The van der Waals surface area contributed by atoms with E-state index in [9.17, 15) is 4.79 Å². The third-order valence-corrected chi connectivity index (χ3v) is 4.82. The number of benzene rings is 1. The van der Waals surface area contributed by atoms with Gasteiger partial charge in [0.2, 0.25) is 0 Å². The van der Waals surface area contributed by atoms with E-state index in [0.717, 1.165) is 37.4 Å². The zero-order valence-electron chi connectivity index (χ0n) is 15.2. The molecule has 0 atom stereocenters. The van der Waals surface area contributed by atoms with Gasteiger partial charge >= 0.3 is 5.97 Å². The zero-order valence-corrected chi connectivity index (χ0v) is 16.0. The number of methoxy groups -OCH3 is 1. The number of nitrogens with zero attached hydrogens (tertiary/aromatic N) is 3. The Hall–Kier alpha value is -2.57. The predicted molar refractivity (Wildman–Crippen MR) is 109 cm³/mol. The van der Waals surface area contributed by atoms with Crippen LogP contribution in [0, 0.1) is 0 Å². The lowest BCUT2D eigenvalue weighted by Crippen LogP contribution is -2.43. The minimum absolute atomic E-state index is 0. The van der Waals surface area contributed by atoms with Gasteiger partial charge in [0, 0.05) is 56.2 Å². The molecule has 1 N–H and O–H groups in total. The van der Waals surface area contributed by atoms with Crippen LogP contribution in [0.2, 0.25) is 0 Å². The van der Waals surface area contributed by atoms with E-state index in [1.165, 1.54) is 18.2 Å². The van der Waals surface area contributed by atoms with E-state index < -0.39 is 0 Å². The Balaban J connectivity index is 0.00000210. The lowest BCUT2D eigenvalue weighted by Gasteiger charge is -2.29. The Kier molecular flexibility index (Phi) is 5.98. The normalized spacial score (nSPS) is 14.0. The Morgan fingerprint density at radius 2 is 1.89 bits per heavy atom. The van der Waals surface area contributed by atoms with Crippen molar-refractivity contribution >= 4 is 35.1 Å². The van der Waals surface area contributed by atoms with Gasteiger partial charge in [0.25, 0.3) is 0 Å². The molecule has 0 amide bonds. The number of hydrogen-bond acceptors (Lipinski definition) is 5. The van der Waals surface area contributed by atoms with Gasteiger partial charge in [-0.2, -0.15) is 0 Å². The second-order valence-corrected chi connectivity index (χ2v) is 6.44. The highest BCUT2D eigenvalue weighted by Crippen LogP contribution is 2.27. The summed E-state index contributed by atoms with van der Waals surface area (Å²) in [5.74, 6) is -0.315. The monoisotopic (exact) mass is 386 g/mol. The van der Waals surface area contributed by atoms with Crippen LogP contribution in [0.4, 0.5) is 5.69 Å². The molecule has 1 aliphatic rings. The van der Waals surface area contributed by atoms with Crippen molar-refractivity contribution in [3.63, 3.8) is 0 Å². The van der Waals surface area contributed by atoms with Crippen molar-refractivity contribution in [2.75, 3.05) is 38.2 Å². The molecule has 0 spiro atoms. The van der Waals surface area contributed by atoms with Crippen LogP contribution in [-0.4, -0.2) is 48.8 Å². The summed E-state index contributed by atoms with van der Waals surface area (Å²) in [5, 5.41) is 4.57. The summed E-state index contributed by atoms with van der Waals surface area (Å²) in [7, 11) is 1.39. The fourth-order valence-electron chi connectivity index (χ4n) is 3.45. The Bertz CT molecular complexity index is 917. The minimum atomic E-state index is -0.315. The molecule has 0 bridgehead atoms. The topological polar surface area (TPSA) is 59.4 Å². The summed E-state index contributed by atoms with van der Waals surface area (Å²) in [6, 6.07) is 11.8. The molecule has 142 valence electrons. The van der Waals surface area contributed by atoms with Gasteiger partial charge in [0.05, 0.1) is 12.7 Å². The lowest BCUT2D eigenvalue weighted by atomic mass is 10.1. The van der Waals surface area contributed by atoms with Crippen LogP contribution >= 0.6 is 12.4 Å². The van der Waals surface area contributed by atoms with Gasteiger partial charge in [-0.05, 0) is 29.8 Å². The molecule has 7 heteroatoms. The van der Waals surface area contributed by atoms with Crippen molar-refractivity contribution in [2.45, 2.75) is 6.54 Å². The van der Waals surface area contributed by atoms with Gasteiger partial charge in [0.15, 0.2) is 0 Å². The second-order valence-electron chi connectivity index (χ2n) is 6.44. The number of esters is 1. The van der Waals surface area contributed by atoms with Gasteiger partial charge in [0.1, 0.15) is 5.65 Å². The molecule has 3 heterocycles. The largest absolute Gasteiger partial charge is 0.465 e. The van der Waals surface area contributed by atoms with E-state index >= 15 is 0 Å². The molecule has 6 nitrogen and oxygen atoms in total. The minimum Gasteiger partial charge on any atom is -0.465 e. The molecule has 3 aromatic rings. The Morgan fingerprint density at radius 3 is 2.59 bits per heavy atom. The highest BCUT2D eigenvalue weighted by atomic mass is 35.5. The molecule has 1 aliphatic heterocycles. The molecule has 1 fully saturated rings. The molecule has 27 heavy (non-hydrogen) atoms. The van der Waals surface area contributed by atoms with Crippen molar-refractivity contribution < 1.29 is 9.53 Å². The van der Waals surface area contributed by atoms with Crippen LogP contribution in [0.5, 0.6) is 0 Å². The highest BCUT2D eigenvalue weighted by Gasteiger charge is 2.15. The molecule has 0 unspecified atom stereocenters. The molecule has 0 radical (unpaired) electrons. The lowest BCUT2D eigenvalue weighted by molar-refractivity contribution is 0.0600. The van der Waals surface area contributed by atoms with E-state index in [0.29, 0.717) is 12.1 Å². The van der Waals surface area contributed by atoms with E-state index in [1.807, 2.05) is 18.3 Å². The number of carbonyl (C=O) groups is 1. The number of rotatable bonds is 4. The number of nitrogens with one attached hydrogen (secondary N) is 1. The Morgan fingerprint density at radius 1 is 1.15 bits per heavy atom. The van der Waals surface area contributed by atoms with Crippen LogP contribution in [0.15, 0.2) is 48.8 Å². The average Bonchev–Trinajstić information content (AvgIpc) is 3.11. The molecular formula is C20H23ClN4O2. The van der Waals surface area contributed by atoms with E-state index in [1.54, 1.807) is 12.1 Å². The van der Waals surface area contributed by atoms with Crippen molar-refractivity contribution in [2.24, 2.45) is 0 Å². The molecule has 1 saturated heterocycles. The number of halogens is 1. The highest BCUT2D eigenvalue weighted by molar-refractivity contribution is 5.90. The smallest absolute Gasteiger partial charge is 0.337 e. The van der Waals surface area contributed by atoms with Crippen molar-refractivity contribution in [3.05, 3.63) is 59.9 Å². The number of fused-ring (bicyclic) bond motifs is 1. The fourth-order valence-corrected chi connectivity index (χ4v) is 3.45. The second kappa shape index (κ2) is 8.41. The number of anilines is 1. The SMILES string of the molecule is COC(=O)c1ccc(Cn2ccc3c(N4CCNCC4)ccnc32)cc1.Cl. The number of ether oxygens (including phenoxy) is 1. The first-order valence-electron chi connectivity index (χ1n) is 8.83. The molecule has 0 saturated carbocycles. The maximum atomic E-state index is 11.6. The molecule has 0 aliphatic carbocycles. The van der Waals surface area contributed by atoms with Crippen LogP contribution < -0.4 is 10.2 Å². The van der Waals surface area contributed by atoms with Crippen molar-refractivity contribution in [1.82, 2.24) is 14.9 Å². The molecule has 2 aromatic heterocycles. The van der Waals surface area contributed by atoms with Crippen LogP contribution in [-0.2, 0) is 11.3 Å². The standard InChI is InChI=1S/C20H22N4O2.ClH/c1-26-20(25)16-4-2-15(3-5-16)14-24-11-7-17-18(6-8-22-19(17)24)23-12-9-21-10-13-23;/h2-8,11,21H,9-10,12-14H2,1H3;1H. The molecule has 4 rings (SSSR count). The van der Waals surface area contributed by atoms with Crippen LogP contribution in [0.25, 0.3) is 11.0 Å². The van der Waals surface area contributed by atoms with Gasteiger partial charge < -0.3 is 19.5 Å². The number of piperazine rings is 1. The summed E-state index contributed by atoms with van der Waals surface area (Å²) in [4.78, 5) is 18.6. The van der Waals surface area contributed by atoms with Gasteiger partial charge in [-0.3, -0.25) is 0 Å². The van der Waals surface area contributed by atoms with E-state index in [4.69, 9.17) is 4.74 Å². The first-order valence-corrected chi connectivity index (χ1v) is 8.83. The third-order valence-electron chi connectivity index (χ3n) is 4.82. The van der Waals surface area contributed by atoms with E-state index in [2.05, 4.69) is 38.1 Å². The number of carbonyl (C=O) groups excluding carboxylic acids is 1. The van der Waals surface area contributed by atoms with Crippen LogP contribution in [0.1, 0.15) is 15.9 Å². The molecule has 1 aromatic carbocycles. The summed E-state index contributed by atoms with van der Waals surface area (Å²) in [5.41, 5.74) is 3.91. The summed E-state index contributed by atoms with van der Waals surface area (Å²) >= 11 is 0. The van der Waals surface area contributed by atoms with Crippen molar-refractivity contribution in [3.8, 4) is 0 Å². The summed E-state index contributed by atoms with van der Waals surface area (Å²) in [6.07, 6.45) is 3.97. The predicted octanol–water partition coefficient (Wildman–Crippen LogP) is 2.70. The first kappa shape index (κ1) is 19.2. The van der Waals surface area contributed by atoms with Crippen molar-refractivity contribution in [1.29, 1.82) is 0 Å². The van der Waals surface area contributed by atoms with E-state index in [-0.39, 0.29) is 18.4 Å². The van der Waals surface area contributed by atoms with Crippen LogP contribution in [0.3, 0.4) is 0 Å². The quantitative estimate of drug-likeness (QED) is 0.698. The van der Waals surface area contributed by atoms with Gasteiger partial charge in [-0.15, -0.1) is 12.4 Å². The number of aromatic nitrogens is 2. The first-order chi connectivity index (χ1) is 12.8. The van der Waals surface area contributed by atoms with Gasteiger partial charge in [-0.25, -0.2) is 9.78 Å².